The summed E-state index contributed by atoms with van der Waals surface area (Å²) in [6.07, 6.45) is 19.7. The van der Waals surface area contributed by atoms with Crippen LogP contribution in [0, 0.1) is 11.3 Å². The molecule has 0 spiro atoms. The number of aliphatic hydroxyl groups is 1. The van der Waals surface area contributed by atoms with Gasteiger partial charge in [0.2, 0.25) is 0 Å². The van der Waals surface area contributed by atoms with Gasteiger partial charge in [0.1, 0.15) is 13.2 Å². The molecule has 0 heterocycles. The van der Waals surface area contributed by atoms with E-state index in [-0.39, 0.29) is 37.7 Å². The van der Waals surface area contributed by atoms with Gasteiger partial charge in [-0.05, 0) is 25.7 Å². The van der Waals surface area contributed by atoms with Crippen LogP contribution in [0.15, 0.2) is 0 Å². The molecule has 0 aromatic rings. The largest absolute Gasteiger partial charge is 0.465 e. The van der Waals surface area contributed by atoms with Crippen molar-refractivity contribution in [2.45, 2.75) is 143 Å². The van der Waals surface area contributed by atoms with E-state index in [1.807, 2.05) is 13.8 Å². The van der Waals surface area contributed by atoms with E-state index in [9.17, 15) is 14.7 Å². The van der Waals surface area contributed by atoms with Crippen molar-refractivity contribution in [2.75, 3.05) is 19.8 Å². The Balaban J connectivity index is 4.02. The molecule has 0 radical (unpaired) electrons. The van der Waals surface area contributed by atoms with Crippen molar-refractivity contribution in [3.63, 3.8) is 0 Å². The Hall–Kier alpha value is -1.10. The van der Waals surface area contributed by atoms with E-state index in [4.69, 9.17) is 9.47 Å². The van der Waals surface area contributed by atoms with Crippen LogP contribution >= 0.6 is 0 Å². The van der Waals surface area contributed by atoms with Crippen LogP contribution in [0.25, 0.3) is 0 Å². The maximum absolute atomic E-state index is 12.4. The van der Waals surface area contributed by atoms with Crippen LogP contribution < -0.4 is 0 Å². The highest BCUT2D eigenvalue weighted by Crippen LogP contribution is 2.25. The topological polar surface area (TPSA) is 72.8 Å². The van der Waals surface area contributed by atoms with Gasteiger partial charge in [-0.1, -0.05) is 111 Å². The molecule has 0 aliphatic rings. The van der Waals surface area contributed by atoms with Gasteiger partial charge in [-0.3, -0.25) is 9.59 Å². The Morgan fingerprint density at radius 2 is 1.21 bits per heavy atom. The van der Waals surface area contributed by atoms with E-state index < -0.39 is 5.41 Å². The fourth-order valence-electron chi connectivity index (χ4n) is 4.15. The molecule has 0 amide bonds. The van der Waals surface area contributed by atoms with Crippen LogP contribution in [0.1, 0.15) is 143 Å². The molecule has 202 valence electrons. The molecule has 0 aliphatic carbocycles. The summed E-state index contributed by atoms with van der Waals surface area (Å²) in [4.78, 5) is 24.6. The van der Waals surface area contributed by atoms with Crippen molar-refractivity contribution < 1.29 is 24.2 Å². The Bertz CT molecular complexity index is 487. The molecular weight excluding hydrogens is 428 g/mol. The van der Waals surface area contributed by atoms with Gasteiger partial charge in [0.25, 0.3) is 0 Å². The van der Waals surface area contributed by atoms with Crippen molar-refractivity contribution in [3.8, 4) is 0 Å². The summed E-state index contributed by atoms with van der Waals surface area (Å²) in [7, 11) is 0. The fourth-order valence-corrected chi connectivity index (χ4v) is 4.15. The third kappa shape index (κ3) is 16.5. The molecule has 0 rings (SSSR count). The first-order valence-electron chi connectivity index (χ1n) is 14.4. The minimum absolute atomic E-state index is 0.0906. The third-order valence-electron chi connectivity index (χ3n) is 7.11. The number of carbonyl (C=O) groups excluding carboxylic acids is 2. The molecule has 0 aromatic carbocycles. The molecule has 0 aliphatic heterocycles. The summed E-state index contributed by atoms with van der Waals surface area (Å²) < 4.78 is 11.0. The minimum atomic E-state index is -0.717. The van der Waals surface area contributed by atoms with Crippen molar-refractivity contribution >= 4 is 11.9 Å². The van der Waals surface area contributed by atoms with Crippen LogP contribution in [0.3, 0.4) is 0 Å². The molecule has 2 unspecified atom stereocenters. The number of ether oxygens (including phenoxy) is 2. The molecule has 0 aromatic heterocycles. The first kappa shape index (κ1) is 32.9. The van der Waals surface area contributed by atoms with Crippen LogP contribution in [0.5, 0.6) is 0 Å². The molecule has 2 atom stereocenters. The zero-order valence-electron chi connectivity index (χ0n) is 23.0. The molecule has 1 N–H and O–H groups in total. The highest BCUT2D eigenvalue weighted by molar-refractivity contribution is 5.72. The predicted octanol–water partition coefficient (Wildman–Crippen LogP) is 7.77. The van der Waals surface area contributed by atoms with Gasteiger partial charge < -0.3 is 14.6 Å². The first-order chi connectivity index (χ1) is 16.5. The Kier molecular flexibility index (Phi) is 21.6. The summed E-state index contributed by atoms with van der Waals surface area (Å²) in [6.45, 7) is 8.30. The van der Waals surface area contributed by atoms with Crippen LogP contribution in [-0.2, 0) is 19.1 Å². The molecule has 5 heteroatoms. The predicted molar refractivity (Wildman–Crippen MR) is 141 cm³/mol. The van der Waals surface area contributed by atoms with Crippen molar-refractivity contribution in [1.82, 2.24) is 0 Å². The third-order valence-corrected chi connectivity index (χ3v) is 7.11. The van der Waals surface area contributed by atoms with Gasteiger partial charge in [0.05, 0.1) is 17.9 Å². The first-order valence-corrected chi connectivity index (χ1v) is 14.4. The van der Waals surface area contributed by atoms with Gasteiger partial charge in [0.15, 0.2) is 0 Å². The SMILES string of the molecule is CCCCCCCCCCCCCCC(=O)OCC(CC)(CO)COC(=O)C(CC)CCCC. The number of aliphatic hydroxyl groups excluding tert-OH is 1. The normalized spacial score (nSPS) is 13.9. The van der Waals surface area contributed by atoms with Crippen LogP contribution in [0.2, 0.25) is 0 Å². The summed E-state index contributed by atoms with van der Waals surface area (Å²) in [5.74, 6) is -0.523. The van der Waals surface area contributed by atoms with Crippen molar-refractivity contribution in [2.24, 2.45) is 11.3 Å². The van der Waals surface area contributed by atoms with E-state index in [2.05, 4.69) is 13.8 Å². The van der Waals surface area contributed by atoms with Crippen molar-refractivity contribution in [3.05, 3.63) is 0 Å². The molecule has 0 saturated heterocycles. The highest BCUT2D eigenvalue weighted by atomic mass is 16.5. The number of hydrogen-bond acceptors (Lipinski definition) is 5. The lowest BCUT2D eigenvalue weighted by molar-refractivity contribution is -0.159. The standard InChI is InChI=1S/C29H56O5/c1-5-9-11-12-13-14-15-16-17-18-19-20-22-27(31)33-24-29(8-4,23-30)25-34-28(32)26(7-3)21-10-6-2/h26,30H,5-25H2,1-4H3. The Labute approximate surface area is 210 Å². The van der Waals surface area contributed by atoms with Gasteiger partial charge in [-0.15, -0.1) is 0 Å². The average molecular weight is 485 g/mol. The average Bonchev–Trinajstić information content (AvgIpc) is 2.85. The molecular formula is C29H56O5. The second-order valence-electron chi connectivity index (χ2n) is 10.2. The smallest absolute Gasteiger partial charge is 0.308 e. The summed E-state index contributed by atoms with van der Waals surface area (Å²) in [5, 5.41) is 9.95. The van der Waals surface area contributed by atoms with E-state index in [1.54, 1.807) is 0 Å². The van der Waals surface area contributed by atoms with Gasteiger partial charge in [-0.2, -0.15) is 0 Å². The Morgan fingerprint density at radius 1 is 0.706 bits per heavy atom. The molecule has 0 saturated carbocycles. The number of rotatable bonds is 24. The zero-order chi connectivity index (χ0) is 25.5. The summed E-state index contributed by atoms with van der Waals surface area (Å²) >= 11 is 0. The molecule has 0 fully saturated rings. The molecule has 5 nitrogen and oxygen atoms in total. The fraction of sp³-hybridized carbons (Fsp3) is 0.931. The second-order valence-corrected chi connectivity index (χ2v) is 10.2. The number of unbranched alkanes of at least 4 members (excludes halogenated alkanes) is 12. The summed E-state index contributed by atoms with van der Waals surface area (Å²) in [6, 6.07) is 0. The lowest BCUT2D eigenvalue weighted by Crippen LogP contribution is -2.38. The maximum Gasteiger partial charge on any atom is 0.308 e. The van der Waals surface area contributed by atoms with E-state index >= 15 is 0 Å². The highest BCUT2D eigenvalue weighted by Gasteiger charge is 2.32. The summed E-state index contributed by atoms with van der Waals surface area (Å²) in [5.41, 5.74) is -0.717. The monoisotopic (exact) mass is 484 g/mol. The van der Waals surface area contributed by atoms with Gasteiger partial charge >= 0.3 is 11.9 Å². The van der Waals surface area contributed by atoms with E-state index in [0.29, 0.717) is 12.8 Å². The Morgan fingerprint density at radius 3 is 1.68 bits per heavy atom. The zero-order valence-corrected chi connectivity index (χ0v) is 23.0. The second kappa shape index (κ2) is 22.4. The van der Waals surface area contributed by atoms with Crippen LogP contribution in [-0.4, -0.2) is 36.9 Å². The van der Waals surface area contributed by atoms with Crippen molar-refractivity contribution in [1.29, 1.82) is 0 Å². The maximum atomic E-state index is 12.4. The van der Waals surface area contributed by atoms with E-state index in [1.165, 1.54) is 64.2 Å². The molecule has 34 heavy (non-hydrogen) atoms. The molecule has 0 bridgehead atoms. The van der Waals surface area contributed by atoms with E-state index in [0.717, 1.165) is 38.5 Å². The lowest BCUT2D eigenvalue weighted by Gasteiger charge is -2.30. The van der Waals surface area contributed by atoms with Gasteiger partial charge in [0, 0.05) is 6.42 Å². The minimum Gasteiger partial charge on any atom is -0.465 e. The quantitative estimate of drug-likeness (QED) is 0.112. The van der Waals surface area contributed by atoms with Gasteiger partial charge in [-0.25, -0.2) is 0 Å². The number of esters is 2. The number of hydrogen-bond donors (Lipinski definition) is 1. The lowest BCUT2D eigenvalue weighted by atomic mass is 9.88. The number of carbonyl (C=O) groups is 2. The van der Waals surface area contributed by atoms with Crippen LogP contribution in [0.4, 0.5) is 0 Å².